The third-order valence-electron chi connectivity index (χ3n) is 8.03. The molecule has 0 aliphatic carbocycles. The highest BCUT2D eigenvalue weighted by molar-refractivity contribution is 6.04. The highest BCUT2D eigenvalue weighted by Gasteiger charge is 2.75. The highest BCUT2D eigenvalue weighted by atomic mass is 16.5. The SMILES string of the molecule is CC[C@H](C)[C@H](CO)N1C(=O)[C@@H]2[C@H](C(=O)NC)[C@@H]3CCC2(O3)C1C(=O)Nc1cc(C)ccc1C. The molecule has 3 aliphatic heterocycles. The van der Waals surface area contributed by atoms with E-state index in [-0.39, 0.29) is 36.4 Å². The van der Waals surface area contributed by atoms with Crippen LogP contribution >= 0.6 is 0 Å². The summed E-state index contributed by atoms with van der Waals surface area (Å²) in [5, 5.41) is 16.0. The number of ether oxygens (including phenoxy) is 1. The topological polar surface area (TPSA) is 108 Å². The number of aliphatic hydroxyl groups excluding tert-OH is 1. The third-order valence-corrected chi connectivity index (χ3v) is 8.03. The number of aryl methyl sites for hydroxylation is 2. The van der Waals surface area contributed by atoms with Gasteiger partial charge < -0.3 is 25.4 Å². The van der Waals surface area contributed by atoms with Gasteiger partial charge in [0, 0.05) is 12.7 Å². The Morgan fingerprint density at radius 2 is 2.03 bits per heavy atom. The number of hydrogen-bond acceptors (Lipinski definition) is 5. The molecule has 0 saturated carbocycles. The molecule has 4 rings (SSSR count). The number of carbonyl (C=O) groups excluding carboxylic acids is 3. The minimum absolute atomic E-state index is 0.0270. The molecular formula is C25H35N3O5. The fourth-order valence-electron chi connectivity index (χ4n) is 6.10. The zero-order valence-corrected chi connectivity index (χ0v) is 20.1. The maximum Gasteiger partial charge on any atom is 0.250 e. The van der Waals surface area contributed by atoms with Crippen LogP contribution in [-0.2, 0) is 19.1 Å². The van der Waals surface area contributed by atoms with Gasteiger partial charge in [-0.3, -0.25) is 14.4 Å². The second-order valence-corrected chi connectivity index (χ2v) is 9.86. The number of fused-ring (bicyclic) bond motifs is 1. The van der Waals surface area contributed by atoms with Crippen LogP contribution in [0.1, 0.15) is 44.2 Å². The van der Waals surface area contributed by atoms with E-state index in [1.165, 1.54) is 4.90 Å². The van der Waals surface area contributed by atoms with Crippen molar-refractivity contribution in [2.75, 3.05) is 19.0 Å². The first-order valence-corrected chi connectivity index (χ1v) is 11.9. The molecule has 180 valence electrons. The Hall–Kier alpha value is -2.45. The molecule has 2 unspecified atom stereocenters. The van der Waals surface area contributed by atoms with Crippen LogP contribution in [0.25, 0.3) is 0 Å². The summed E-state index contributed by atoms with van der Waals surface area (Å²) >= 11 is 0. The smallest absolute Gasteiger partial charge is 0.250 e. The largest absolute Gasteiger partial charge is 0.394 e. The maximum atomic E-state index is 13.9. The predicted octanol–water partition coefficient (Wildman–Crippen LogP) is 1.77. The number of carbonyl (C=O) groups is 3. The zero-order chi connectivity index (χ0) is 24.1. The highest BCUT2D eigenvalue weighted by Crippen LogP contribution is 2.59. The van der Waals surface area contributed by atoms with E-state index in [1.54, 1.807) is 7.05 Å². The Balaban J connectivity index is 1.78. The van der Waals surface area contributed by atoms with E-state index in [4.69, 9.17) is 4.74 Å². The van der Waals surface area contributed by atoms with Crippen molar-refractivity contribution in [1.29, 1.82) is 0 Å². The molecule has 1 aromatic rings. The van der Waals surface area contributed by atoms with Crippen molar-refractivity contribution in [2.24, 2.45) is 17.8 Å². The van der Waals surface area contributed by atoms with Crippen molar-refractivity contribution in [1.82, 2.24) is 10.2 Å². The van der Waals surface area contributed by atoms with E-state index in [0.29, 0.717) is 18.5 Å². The lowest BCUT2D eigenvalue weighted by molar-refractivity contribution is -0.145. The number of rotatable bonds is 7. The summed E-state index contributed by atoms with van der Waals surface area (Å²) in [7, 11) is 1.55. The number of amides is 3. The average molecular weight is 458 g/mol. The summed E-state index contributed by atoms with van der Waals surface area (Å²) in [5.74, 6) is -2.23. The van der Waals surface area contributed by atoms with Crippen molar-refractivity contribution in [3.05, 3.63) is 29.3 Å². The number of aliphatic hydroxyl groups is 1. The lowest BCUT2D eigenvalue weighted by atomic mass is 9.70. The molecule has 0 aromatic heterocycles. The second-order valence-electron chi connectivity index (χ2n) is 9.86. The molecule has 1 spiro atoms. The molecule has 33 heavy (non-hydrogen) atoms. The Kier molecular flexibility index (Phi) is 6.26. The van der Waals surface area contributed by atoms with Gasteiger partial charge in [-0.05, 0) is 49.8 Å². The summed E-state index contributed by atoms with van der Waals surface area (Å²) < 4.78 is 6.39. The summed E-state index contributed by atoms with van der Waals surface area (Å²) in [4.78, 5) is 42.1. The summed E-state index contributed by atoms with van der Waals surface area (Å²) in [6.45, 7) is 7.57. The number of anilines is 1. The first-order chi connectivity index (χ1) is 15.7. The van der Waals surface area contributed by atoms with Gasteiger partial charge in [-0.15, -0.1) is 0 Å². The minimum atomic E-state index is -1.07. The quantitative estimate of drug-likeness (QED) is 0.578. The van der Waals surface area contributed by atoms with Crippen LogP contribution in [0.5, 0.6) is 0 Å². The molecule has 7 atom stereocenters. The lowest BCUT2D eigenvalue weighted by Gasteiger charge is -2.38. The molecule has 3 fully saturated rings. The van der Waals surface area contributed by atoms with Crippen molar-refractivity contribution in [2.45, 2.75) is 70.7 Å². The normalized spacial score (nSPS) is 31.9. The first kappa shape index (κ1) is 23.7. The fourth-order valence-corrected chi connectivity index (χ4v) is 6.10. The number of nitrogens with zero attached hydrogens (tertiary/aromatic N) is 1. The Labute approximate surface area is 195 Å². The molecule has 3 aliphatic rings. The van der Waals surface area contributed by atoms with Crippen LogP contribution in [0.15, 0.2) is 18.2 Å². The van der Waals surface area contributed by atoms with Gasteiger partial charge in [0.1, 0.15) is 11.6 Å². The van der Waals surface area contributed by atoms with Gasteiger partial charge in [0.15, 0.2) is 0 Å². The number of benzene rings is 1. The van der Waals surface area contributed by atoms with Crippen molar-refractivity contribution in [3.8, 4) is 0 Å². The number of hydrogen-bond donors (Lipinski definition) is 3. The van der Waals surface area contributed by atoms with Crippen molar-refractivity contribution in [3.63, 3.8) is 0 Å². The van der Waals surface area contributed by atoms with Crippen LogP contribution in [0.4, 0.5) is 5.69 Å². The molecule has 1 aromatic carbocycles. The number of nitrogens with one attached hydrogen (secondary N) is 2. The molecule has 3 heterocycles. The Bertz CT molecular complexity index is 965. The van der Waals surface area contributed by atoms with E-state index in [9.17, 15) is 19.5 Å². The molecule has 3 N–H and O–H groups in total. The summed E-state index contributed by atoms with van der Waals surface area (Å²) in [5.41, 5.74) is 1.55. The van der Waals surface area contributed by atoms with Gasteiger partial charge in [-0.2, -0.15) is 0 Å². The van der Waals surface area contributed by atoms with Crippen molar-refractivity contribution >= 4 is 23.4 Å². The van der Waals surface area contributed by atoms with Gasteiger partial charge in [0.05, 0.1) is 30.6 Å². The molecule has 3 amide bonds. The number of likely N-dealkylation sites (tertiary alicyclic amines) is 1. The average Bonchev–Trinajstić information content (AvgIpc) is 3.44. The minimum Gasteiger partial charge on any atom is -0.394 e. The van der Waals surface area contributed by atoms with E-state index >= 15 is 0 Å². The molecule has 2 bridgehead atoms. The van der Waals surface area contributed by atoms with Crippen LogP contribution in [0.3, 0.4) is 0 Å². The zero-order valence-electron chi connectivity index (χ0n) is 20.1. The van der Waals surface area contributed by atoms with E-state index < -0.39 is 29.5 Å². The first-order valence-electron chi connectivity index (χ1n) is 11.9. The van der Waals surface area contributed by atoms with Gasteiger partial charge in [-0.25, -0.2) is 0 Å². The second kappa shape index (κ2) is 8.72. The van der Waals surface area contributed by atoms with Crippen LogP contribution in [0.2, 0.25) is 0 Å². The van der Waals surface area contributed by atoms with E-state index in [0.717, 1.165) is 17.5 Å². The third kappa shape index (κ3) is 3.54. The van der Waals surface area contributed by atoms with Gasteiger partial charge in [-0.1, -0.05) is 32.4 Å². The molecule has 3 saturated heterocycles. The standard InChI is InChI=1S/C25H35N3O5/c1-6-14(3)17(12-29)28-21(23(31)27-16-11-13(2)7-8-15(16)4)25-10-9-18(33-25)19(22(30)26-5)20(25)24(28)32/h7-8,11,14,17-21,29H,6,9-10,12H2,1-5H3,(H,26,30)(H,27,31)/t14-,17-,18-,19+,20-,21?,25?/m0/s1. The monoisotopic (exact) mass is 457 g/mol. The molecular weight excluding hydrogens is 422 g/mol. The van der Waals surface area contributed by atoms with Crippen molar-refractivity contribution < 1.29 is 24.2 Å². The van der Waals surface area contributed by atoms with E-state index in [1.807, 2.05) is 45.9 Å². The predicted molar refractivity (Wildman–Crippen MR) is 123 cm³/mol. The lowest BCUT2D eigenvalue weighted by Crippen LogP contribution is -2.57. The van der Waals surface area contributed by atoms with E-state index in [2.05, 4.69) is 10.6 Å². The summed E-state index contributed by atoms with van der Waals surface area (Å²) in [6.07, 6.45) is 1.51. The van der Waals surface area contributed by atoms with Crippen LogP contribution in [0, 0.1) is 31.6 Å². The van der Waals surface area contributed by atoms with Crippen LogP contribution in [-0.4, -0.2) is 65.2 Å². The van der Waals surface area contributed by atoms with Gasteiger partial charge in [0.2, 0.25) is 17.7 Å². The molecule has 8 nitrogen and oxygen atoms in total. The molecule has 8 heteroatoms. The maximum absolute atomic E-state index is 13.9. The Morgan fingerprint density at radius 3 is 2.67 bits per heavy atom. The molecule has 0 radical (unpaired) electrons. The summed E-state index contributed by atoms with van der Waals surface area (Å²) in [6, 6.07) is 4.37. The van der Waals surface area contributed by atoms with Gasteiger partial charge in [0.25, 0.3) is 0 Å². The van der Waals surface area contributed by atoms with Crippen LogP contribution < -0.4 is 10.6 Å². The fraction of sp³-hybridized carbons (Fsp3) is 0.640. The van der Waals surface area contributed by atoms with Gasteiger partial charge >= 0.3 is 0 Å². The Morgan fingerprint density at radius 1 is 1.30 bits per heavy atom.